The summed E-state index contributed by atoms with van der Waals surface area (Å²) in [5.74, 6) is -0.722. The Labute approximate surface area is 213 Å². The van der Waals surface area contributed by atoms with Gasteiger partial charge in [-0.3, -0.25) is 19.6 Å². The van der Waals surface area contributed by atoms with Gasteiger partial charge < -0.3 is 14.8 Å². The van der Waals surface area contributed by atoms with Crippen molar-refractivity contribution in [2.45, 2.75) is 38.6 Å². The fraction of sp³-hybridized carbons (Fsp3) is 0.400. The molecule has 1 saturated heterocycles. The molecule has 1 aliphatic carbocycles. The summed E-state index contributed by atoms with van der Waals surface area (Å²) in [7, 11) is 0. The number of nitrogens with zero attached hydrogens (tertiary/aromatic N) is 2. The van der Waals surface area contributed by atoms with Gasteiger partial charge >= 0.3 is 5.97 Å². The van der Waals surface area contributed by atoms with E-state index < -0.39 is 23.3 Å². The van der Waals surface area contributed by atoms with Gasteiger partial charge in [0.25, 0.3) is 5.91 Å². The number of benzene rings is 1. The van der Waals surface area contributed by atoms with E-state index in [1.165, 1.54) is 12.4 Å². The number of amides is 1. The molecule has 10 heteroatoms. The molecule has 2 aromatic rings. The highest BCUT2D eigenvalue weighted by Gasteiger charge is 2.52. The molecular formula is C25H25Cl2N3O5. The van der Waals surface area contributed by atoms with Crippen molar-refractivity contribution in [3.05, 3.63) is 57.8 Å². The molecule has 1 aliphatic heterocycles. The lowest BCUT2D eigenvalue weighted by atomic mass is 9.61. The number of anilines is 1. The minimum atomic E-state index is -0.757. The quantitative estimate of drug-likeness (QED) is 0.547. The van der Waals surface area contributed by atoms with E-state index in [9.17, 15) is 14.4 Å². The number of rotatable bonds is 7. The molecule has 0 bridgehead atoms. The van der Waals surface area contributed by atoms with Crippen LogP contribution in [0.5, 0.6) is 0 Å². The van der Waals surface area contributed by atoms with Crippen molar-refractivity contribution in [2.75, 3.05) is 25.1 Å². The van der Waals surface area contributed by atoms with Gasteiger partial charge in [-0.25, -0.2) is 4.79 Å². The number of hydrogen-bond acceptors (Lipinski definition) is 7. The zero-order valence-corrected chi connectivity index (χ0v) is 20.7. The molecular weight excluding hydrogens is 493 g/mol. The van der Waals surface area contributed by atoms with Crippen molar-refractivity contribution in [3.8, 4) is 0 Å². The lowest BCUT2D eigenvalue weighted by molar-refractivity contribution is -0.144. The van der Waals surface area contributed by atoms with Gasteiger partial charge in [0, 0.05) is 49.8 Å². The van der Waals surface area contributed by atoms with Gasteiger partial charge in [0.05, 0.1) is 27.6 Å². The van der Waals surface area contributed by atoms with Gasteiger partial charge in [0.15, 0.2) is 6.04 Å². The van der Waals surface area contributed by atoms with E-state index in [1.54, 1.807) is 31.2 Å². The Kier molecular flexibility index (Phi) is 7.84. The maximum atomic E-state index is 12.7. The standard InChI is InChI=1S/C25H25Cl2N3O5/c1-2-35-24(33)19(30-20-12-21(31)25(20)7-9-34-10-8-25)11-15-3-5-16(6-4-15)29-23(32)22-17(26)13-28-14-18(22)27/h3-6,13-14,19H,2,7-12H2,1H3,(H,29,32)/t19-/m0/s1. The Hall–Kier alpha value is -2.81. The van der Waals surface area contributed by atoms with Crippen LogP contribution in [0.4, 0.5) is 5.69 Å². The number of aliphatic imine (C=N–C) groups is 1. The molecule has 184 valence electrons. The first kappa shape index (κ1) is 25.3. The minimum Gasteiger partial charge on any atom is -0.464 e. The van der Waals surface area contributed by atoms with Crippen molar-refractivity contribution < 1.29 is 23.9 Å². The first-order chi connectivity index (χ1) is 16.8. The lowest BCUT2D eigenvalue weighted by Crippen LogP contribution is -2.54. The Balaban J connectivity index is 1.49. The summed E-state index contributed by atoms with van der Waals surface area (Å²) in [6, 6.07) is 6.28. The summed E-state index contributed by atoms with van der Waals surface area (Å²) in [5, 5.41) is 3.06. The number of Topliss-reactive ketones (excluding diaryl/α,β-unsaturated/α-hetero) is 1. The van der Waals surface area contributed by atoms with E-state index >= 15 is 0 Å². The molecule has 0 radical (unpaired) electrons. The number of ether oxygens (including phenoxy) is 2. The summed E-state index contributed by atoms with van der Waals surface area (Å²) in [6.45, 7) is 3.01. The van der Waals surface area contributed by atoms with Crippen LogP contribution in [0.25, 0.3) is 0 Å². The highest BCUT2D eigenvalue weighted by atomic mass is 35.5. The van der Waals surface area contributed by atoms with Gasteiger partial charge in [-0.05, 0) is 37.5 Å². The molecule has 1 N–H and O–H groups in total. The number of carbonyl (C=O) groups excluding carboxylic acids is 3. The van der Waals surface area contributed by atoms with E-state index in [1.807, 2.05) is 0 Å². The van der Waals surface area contributed by atoms with E-state index in [0.29, 0.717) is 38.2 Å². The average molecular weight is 518 g/mol. The molecule has 1 aromatic carbocycles. The van der Waals surface area contributed by atoms with E-state index in [-0.39, 0.29) is 34.4 Å². The second kappa shape index (κ2) is 10.8. The van der Waals surface area contributed by atoms with Gasteiger partial charge in [0.2, 0.25) is 0 Å². The number of ketones is 1. The van der Waals surface area contributed by atoms with Crippen LogP contribution in [0, 0.1) is 5.41 Å². The summed E-state index contributed by atoms with van der Waals surface area (Å²) in [6.07, 6.45) is 4.46. The fourth-order valence-electron chi connectivity index (χ4n) is 4.38. The monoisotopic (exact) mass is 517 g/mol. The molecule has 35 heavy (non-hydrogen) atoms. The number of pyridine rings is 1. The summed E-state index contributed by atoms with van der Waals surface area (Å²) < 4.78 is 10.7. The van der Waals surface area contributed by atoms with E-state index in [0.717, 1.165) is 11.3 Å². The Morgan fingerprint density at radius 3 is 2.43 bits per heavy atom. The molecule has 2 fully saturated rings. The van der Waals surface area contributed by atoms with Crippen LogP contribution in [-0.2, 0) is 25.5 Å². The summed E-state index contributed by atoms with van der Waals surface area (Å²) in [4.78, 5) is 46.2. The topological polar surface area (TPSA) is 107 Å². The fourth-order valence-corrected chi connectivity index (χ4v) is 4.91. The molecule has 1 spiro atoms. The zero-order chi connectivity index (χ0) is 25.0. The molecule has 2 heterocycles. The molecule has 2 aliphatic rings. The normalized spacial score (nSPS) is 18.7. The van der Waals surface area contributed by atoms with Gasteiger partial charge in [-0.2, -0.15) is 0 Å². The number of esters is 1. The van der Waals surface area contributed by atoms with E-state index in [2.05, 4.69) is 10.3 Å². The Morgan fingerprint density at radius 2 is 1.83 bits per heavy atom. The number of nitrogens with one attached hydrogen (secondary N) is 1. The SMILES string of the molecule is CCOC(=O)[C@H](Cc1ccc(NC(=O)c2c(Cl)cncc2Cl)cc1)N=C1CC(=O)C12CCOCC2. The molecule has 1 aromatic heterocycles. The predicted molar refractivity (Wildman–Crippen MR) is 132 cm³/mol. The highest BCUT2D eigenvalue weighted by molar-refractivity contribution is 6.40. The van der Waals surface area contributed by atoms with Crippen LogP contribution in [0.1, 0.15) is 42.1 Å². The first-order valence-corrected chi connectivity index (χ1v) is 12.1. The Morgan fingerprint density at radius 1 is 1.17 bits per heavy atom. The molecule has 1 saturated carbocycles. The maximum Gasteiger partial charge on any atom is 0.331 e. The number of halogens is 2. The minimum absolute atomic E-state index is 0.141. The van der Waals surface area contributed by atoms with Crippen LogP contribution in [0.15, 0.2) is 41.7 Å². The number of carbonyl (C=O) groups is 3. The summed E-state index contributed by atoms with van der Waals surface area (Å²) in [5.41, 5.74) is 1.68. The van der Waals surface area contributed by atoms with E-state index in [4.69, 9.17) is 37.7 Å². The van der Waals surface area contributed by atoms with Crippen molar-refractivity contribution in [2.24, 2.45) is 10.4 Å². The zero-order valence-electron chi connectivity index (χ0n) is 19.2. The largest absolute Gasteiger partial charge is 0.464 e. The number of hydrogen-bond donors (Lipinski definition) is 1. The second-order valence-corrected chi connectivity index (χ2v) is 9.29. The third kappa shape index (κ3) is 5.39. The molecule has 8 nitrogen and oxygen atoms in total. The lowest BCUT2D eigenvalue weighted by Gasteiger charge is -2.44. The second-order valence-electron chi connectivity index (χ2n) is 8.47. The van der Waals surface area contributed by atoms with Gasteiger partial charge in [0.1, 0.15) is 5.78 Å². The number of aromatic nitrogens is 1. The van der Waals surface area contributed by atoms with Gasteiger partial charge in [-0.15, -0.1) is 0 Å². The third-order valence-corrected chi connectivity index (χ3v) is 6.93. The molecule has 1 atom stereocenters. The van der Waals surface area contributed by atoms with Crippen LogP contribution < -0.4 is 5.32 Å². The van der Waals surface area contributed by atoms with Crippen molar-refractivity contribution in [3.63, 3.8) is 0 Å². The smallest absolute Gasteiger partial charge is 0.331 e. The maximum absolute atomic E-state index is 12.7. The molecule has 1 amide bonds. The summed E-state index contributed by atoms with van der Waals surface area (Å²) >= 11 is 12.1. The van der Waals surface area contributed by atoms with Crippen molar-refractivity contribution in [1.82, 2.24) is 4.98 Å². The van der Waals surface area contributed by atoms with Gasteiger partial charge in [-0.1, -0.05) is 35.3 Å². The molecule has 0 unspecified atom stereocenters. The van der Waals surface area contributed by atoms with Crippen LogP contribution in [0.3, 0.4) is 0 Å². The van der Waals surface area contributed by atoms with Crippen molar-refractivity contribution >= 4 is 52.3 Å². The van der Waals surface area contributed by atoms with Crippen LogP contribution in [-0.4, -0.2) is 54.2 Å². The third-order valence-electron chi connectivity index (χ3n) is 6.35. The van der Waals surface area contributed by atoms with Crippen LogP contribution >= 0.6 is 23.2 Å². The van der Waals surface area contributed by atoms with Crippen molar-refractivity contribution in [1.29, 1.82) is 0 Å². The highest BCUT2D eigenvalue weighted by Crippen LogP contribution is 2.43. The molecule has 4 rings (SSSR count). The first-order valence-electron chi connectivity index (χ1n) is 11.4. The Bertz CT molecular complexity index is 1140. The average Bonchev–Trinajstić information content (AvgIpc) is 2.85. The van der Waals surface area contributed by atoms with Crippen LogP contribution in [0.2, 0.25) is 10.0 Å². The predicted octanol–water partition coefficient (Wildman–Crippen LogP) is 4.33.